The van der Waals surface area contributed by atoms with Crippen molar-refractivity contribution in [2.45, 2.75) is 55.8 Å². The second-order valence-electron chi connectivity index (χ2n) is 9.48. The van der Waals surface area contributed by atoms with Crippen molar-refractivity contribution in [3.8, 4) is 0 Å². The Morgan fingerprint density at radius 3 is 2.25 bits per heavy atom. The molecule has 6 rings (SSSR count). The number of nitrogen functional groups attached to an aromatic ring is 2. The molecule has 0 spiro atoms. The number of hydrogen-bond donors (Lipinski definition) is 8. The molecule has 0 unspecified atom stereocenters. The fourth-order valence-corrected chi connectivity index (χ4v) is 5.01. The van der Waals surface area contributed by atoms with Crippen LogP contribution >= 0.6 is 0 Å². The number of hydrogen-bond acceptors (Lipinski definition) is 15. The van der Waals surface area contributed by atoms with Crippen molar-refractivity contribution in [3.05, 3.63) is 33.4 Å². The van der Waals surface area contributed by atoms with E-state index in [2.05, 4.69) is 35.4 Å². The predicted molar refractivity (Wildman–Crippen MR) is 134 cm³/mol. The first-order chi connectivity index (χ1) is 19.2. The predicted octanol–water partition coefficient (Wildman–Crippen LogP) is -3.40. The molecule has 2 saturated heterocycles. The molecule has 2 aliphatic heterocycles. The Morgan fingerprint density at radius 2 is 1.60 bits per heavy atom. The topological polar surface area (TPSA) is 280 Å². The van der Waals surface area contributed by atoms with E-state index in [-0.39, 0.29) is 53.8 Å². The number of nitrogens with one attached hydrogen (secondary N) is 3. The van der Waals surface area contributed by atoms with Crippen LogP contribution in [0.3, 0.4) is 0 Å². The molecule has 4 aromatic heterocycles. The highest BCUT2D eigenvalue weighted by Crippen LogP contribution is 2.33. The number of ether oxygens (including phenoxy) is 2. The van der Waals surface area contributed by atoms with Crippen LogP contribution in [0.1, 0.15) is 25.3 Å². The number of aromatic nitrogens is 8. The van der Waals surface area contributed by atoms with E-state index in [1.807, 2.05) is 0 Å². The summed E-state index contributed by atoms with van der Waals surface area (Å²) in [6, 6.07) is 0. The van der Waals surface area contributed by atoms with Crippen molar-refractivity contribution < 1.29 is 29.6 Å². The van der Waals surface area contributed by atoms with Gasteiger partial charge >= 0.3 is 0 Å². The van der Waals surface area contributed by atoms with Gasteiger partial charge < -0.3 is 36.3 Å². The molecule has 40 heavy (non-hydrogen) atoms. The van der Waals surface area contributed by atoms with Crippen molar-refractivity contribution in [2.75, 3.05) is 24.6 Å². The summed E-state index contributed by atoms with van der Waals surface area (Å²) < 4.78 is 14.7. The van der Waals surface area contributed by atoms with Gasteiger partial charge in [-0.1, -0.05) is 0 Å². The van der Waals surface area contributed by atoms with Crippen LogP contribution in [0.15, 0.2) is 22.2 Å². The number of nitrogens with zero attached hydrogens (tertiary/aromatic N) is 6. The molecule has 7 atom stereocenters. The van der Waals surface area contributed by atoms with Crippen molar-refractivity contribution in [1.29, 1.82) is 0 Å². The second-order valence-corrected chi connectivity index (χ2v) is 9.48. The molecular formula is C21H27N11O8. The van der Waals surface area contributed by atoms with E-state index in [0.29, 0.717) is 6.42 Å². The van der Waals surface area contributed by atoms with Gasteiger partial charge in [0.25, 0.3) is 11.1 Å². The van der Waals surface area contributed by atoms with Gasteiger partial charge in [-0.05, 0) is 6.42 Å². The van der Waals surface area contributed by atoms with E-state index >= 15 is 0 Å². The maximum absolute atomic E-state index is 12.1. The molecule has 0 radical (unpaired) electrons. The molecule has 19 heteroatoms. The fraction of sp³-hybridized carbons (Fsp3) is 0.524. The average Bonchev–Trinajstić information content (AvgIpc) is 3.68. The SMILES string of the molecule is Nc1nc2c(ncn2[C@@H]2O[C@H](CCNO[C@H]3C[C@H](n4cnc5c(=O)[nH]c(N)nc54)O[C@@H]3CO)[C@@H](O)[C@H]2O)c(=O)[nH]1. The van der Waals surface area contributed by atoms with Crippen molar-refractivity contribution in [2.24, 2.45) is 0 Å². The number of aromatic amines is 2. The van der Waals surface area contributed by atoms with Gasteiger partial charge in [-0.15, -0.1) is 0 Å². The largest absolute Gasteiger partial charge is 0.394 e. The van der Waals surface area contributed by atoms with Crippen LogP contribution in [0.5, 0.6) is 0 Å². The molecule has 10 N–H and O–H groups in total. The summed E-state index contributed by atoms with van der Waals surface area (Å²) in [5.74, 6) is -0.191. The summed E-state index contributed by atoms with van der Waals surface area (Å²) >= 11 is 0. The number of nitrogens with two attached hydrogens (primary N) is 2. The lowest BCUT2D eigenvalue weighted by atomic mass is 10.1. The molecule has 214 valence electrons. The van der Waals surface area contributed by atoms with Gasteiger partial charge in [-0.2, -0.15) is 9.97 Å². The minimum atomic E-state index is -1.33. The zero-order valence-corrected chi connectivity index (χ0v) is 20.7. The quantitative estimate of drug-likeness (QED) is 0.0768. The summed E-state index contributed by atoms with van der Waals surface area (Å²) in [4.78, 5) is 50.9. The van der Waals surface area contributed by atoms with Gasteiger partial charge in [0.1, 0.15) is 30.6 Å². The van der Waals surface area contributed by atoms with E-state index < -0.39 is 54.1 Å². The molecule has 0 amide bonds. The third kappa shape index (κ3) is 4.48. The lowest BCUT2D eigenvalue weighted by Gasteiger charge is -2.18. The Morgan fingerprint density at radius 1 is 0.975 bits per heavy atom. The first-order valence-corrected chi connectivity index (χ1v) is 12.4. The van der Waals surface area contributed by atoms with E-state index in [4.69, 9.17) is 25.8 Å². The third-order valence-electron chi connectivity index (χ3n) is 6.95. The van der Waals surface area contributed by atoms with Gasteiger partial charge in [0.05, 0.1) is 25.4 Å². The van der Waals surface area contributed by atoms with Crippen molar-refractivity contribution >= 4 is 34.2 Å². The standard InChI is InChI=1S/C21H27N11O8/c22-20-27-15-11(17(36)29-20)24-5-31(15)10-3-8(9(4-33)38-10)40-26-2-1-7-13(34)14(35)19(39-7)32-6-25-12-16(32)28-21(23)30-18(12)37/h5-10,13-14,19,26,33-35H,1-4H2,(H3,22,27,29,36)(H3,23,28,30,37)/t7-,8+,9-,10-,13-,14-,19-/m1/s1. The zero-order chi connectivity index (χ0) is 28.1. The Labute approximate surface area is 222 Å². The van der Waals surface area contributed by atoms with Crippen molar-refractivity contribution in [3.63, 3.8) is 0 Å². The van der Waals surface area contributed by atoms with Crippen LogP contribution in [0.25, 0.3) is 22.3 Å². The number of anilines is 2. The minimum absolute atomic E-state index is 0.0169. The molecule has 2 aliphatic rings. The van der Waals surface area contributed by atoms with Gasteiger partial charge in [0, 0.05) is 13.0 Å². The molecule has 0 saturated carbocycles. The first kappa shape index (κ1) is 26.3. The lowest BCUT2D eigenvalue weighted by Crippen LogP contribution is -2.36. The number of hydroxylamine groups is 1. The minimum Gasteiger partial charge on any atom is -0.394 e. The maximum Gasteiger partial charge on any atom is 0.280 e. The number of imidazole rings is 2. The van der Waals surface area contributed by atoms with E-state index in [1.165, 1.54) is 17.2 Å². The number of aliphatic hydroxyl groups is 3. The molecule has 19 nitrogen and oxygen atoms in total. The third-order valence-corrected chi connectivity index (χ3v) is 6.95. The summed E-state index contributed by atoms with van der Waals surface area (Å²) in [5, 5.41) is 31.0. The molecule has 0 aliphatic carbocycles. The first-order valence-electron chi connectivity index (χ1n) is 12.4. The van der Waals surface area contributed by atoms with Crippen LogP contribution in [0.4, 0.5) is 11.9 Å². The number of fused-ring (bicyclic) bond motifs is 2. The number of rotatable bonds is 8. The van der Waals surface area contributed by atoms with Crippen LogP contribution in [-0.2, 0) is 14.3 Å². The summed E-state index contributed by atoms with van der Waals surface area (Å²) in [6.45, 7) is -0.123. The Hall–Kier alpha value is -3.98. The molecule has 2 fully saturated rings. The van der Waals surface area contributed by atoms with Crippen LogP contribution in [0, 0.1) is 0 Å². The molecule has 6 heterocycles. The van der Waals surface area contributed by atoms with Crippen molar-refractivity contribution in [1.82, 2.24) is 44.5 Å². The normalized spacial score (nSPS) is 28.7. The van der Waals surface area contributed by atoms with E-state index in [9.17, 15) is 24.9 Å². The second kappa shape index (κ2) is 10.2. The van der Waals surface area contributed by atoms with Gasteiger partial charge in [-0.3, -0.25) is 33.5 Å². The van der Waals surface area contributed by atoms with Crippen LogP contribution in [-0.4, -0.2) is 98.0 Å². The average molecular weight is 562 g/mol. The van der Waals surface area contributed by atoms with Crippen LogP contribution in [0.2, 0.25) is 0 Å². The Kier molecular flexibility index (Phi) is 6.70. The van der Waals surface area contributed by atoms with E-state index in [0.717, 1.165) is 0 Å². The summed E-state index contributed by atoms with van der Waals surface area (Å²) in [7, 11) is 0. The Bertz CT molecular complexity index is 1640. The Balaban J connectivity index is 1.07. The van der Waals surface area contributed by atoms with Gasteiger partial charge in [-0.25, -0.2) is 15.4 Å². The highest BCUT2D eigenvalue weighted by molar-refractivity contribution is 5.71. The van der Waals surface area contributed by atoms with Crippen LogP contribution < -0.4 is 28.1 Å². The lowest BCUT2D eigenvalue weighted by molar-refractivity contribution is -0.0921. The molecular weight excluding hydrogens is 534 g/mol. The zero-order valence-electron chi connectivity index (χ0n) is 20.7. The molecule has 0 bridgehead atoms. The number of aliphatic hydroxyl groups excluding tert-OH is 3. The highest BCUT2D eigenvalue weighted by Gasteiger charge is 2.44. The molecule has 0 aromatic carbocycles. The number of H-pyrrole nitrogens is 2. The maximum atomic E-state index is 12.1. The van der Waals surface area contributed by atoms with E-state index in [1.54, 1.807) is 4.57 Å². The summed E-state index contributed by atoms with van der Waals surface area (Å²) in [5.41, 5.74) is 13.5. The highest BCUT2D eigenvalue weighted by atomic mass is 16.7. The molecule has 4 aromatic rings. The fourth-order valence-electron chi connectivity index (χ4n) is 5.01. The monoisotopic (exact) mass is 561 g/mol. The smallest absolute Gasteiger partial charge is 0.280 e. The van der Waals surface area contributed by atoms with Gasteiger partial charge in [0.15, 0.2) is 28.6 Å². The summed E-state index contributed by atoms with van der Waals surface area (Å²) in [6.07, 6.45) is -3.09. The van der Waals surface area contributed by atoms with Gasteiger partial charge in [0.2, 0.25) is 11.9 Å².